The highest BCUT2D eigenvalue weighted by Gasteiger charge is 2.30. The van der Waals surface area contributed by atoms with Crippen molar-refractivity contribution in [3.63, 3.8) is 0 Å². The highest BCUT2D eigenvalue weighted by Crippen LogP contribution is 2.20. The van der Waals surface area contributed by atoms with Gasteiger partial charge in [0, 0.05) is 17.8 Å². The Morgan fingerprint density at radius 3 is 2.41 bits per heavy atom. The van der Waals surface area contributed by atoms with Gasteiger partial charge in [-0.15, -0.1) is 11.8 Å². The van der Waals surface area contributed by atoms with Crippen molar-refractivity contribution in [2.75, 3.05) is 12.9 Å². The third kappa shape index (κ3) is 8.19. The lowest BCUT2D eigenvalue weighted by molar-refractivity contribution is -0.140. The number of amides is 2. The van der Waals surface area contributed by atoms with E-state index in [4.69, 9.17) is 4.74 Å². The Morgan fingerprint density at radius 1 is 1.12 bits per heavy atom. The molecule has 0 radical (unpaired) electrons. The Morgan fingerprint density at radius 2 is 1.81 bits per heavy atom. The zero-order valence-electron chi connectivity index (χ0n) is 19.5. The Hall–Kier alpha value is -2.54. The van der Waals surface area contributed by atoms with Gasteiger partial charge in [-0.2, -0.15) is 0 Å². The van der Waals surface area contributed by atoms with Crippen LogP contribution in [0.2, 0.25) is 0 Å². The molecule has 0 saturated heterocycles. The largest absolute Gasteiger partial charge is 0.497 e. The molecule has 0 aliphatic carbocycles. The van der Waals surface area contributed by atoms with Gasteiger partial charge in [0.25, 0.3) is 0 Å². The average molecular weight is 461 g/mol. The van der Waals surface area contributed by atoms with Crippen LogP contribution in [0.25, 0.3) is 0 Å². The fourth-order valence-electron chi connectivity index (χ4n) is 3.26. The summed E-state index contributed by atoms with van der Waals surface area (Å²) >= 11 is 1.45. The van der Waals surface area contributed by atoms with Crippen LogP contribution in [-0.4, -0.2) is 41.2 Å². The second-order valence-electron chi connectivity index (χ2n) is 8.66. The predicted octanol–water partition coefficient (Wildman–Crippen LogP) is 4.79. The number of ether oxygens (including phenoxy) is 1. The topological polar surface area (TPSA) is 58.6 Å². The monoisotopic (exact) mass is 460 g/mol. The first-order valence-electron chi connectivity index (χ1n) is 10.7. The average Bonchev–Trinajstić information content (AvgIpc) is 2.73. The number of nitrogens with zero attached hydrogens (tertiary/aromatic N) is 1. The maximum atomic E-state index is 13.3. The summed E-state index contributed by atoms with van der Waals surface area (Å²) in [6.45, 7) is 7.98. The van der Waals surface area contributed by atoms with Crippen molar-refractivity contribution in [2.24, 2.45) is 0 Å². The van der Waals surface area contributed by atoms with Crippen LogP contribution in [0.5, 0.6) is 5.75 Å². The van der Waals surface area contributed by atoms with Gasteiger partial charge in [0.05, 0.1) is 12.9 Å². The van der Waals surface area contributed by atoms with Crippen molar-refractivity contribution in [3.8, 4) is 5.75 Å². The van der Waals surface area contributed by atoms with E-state index >= 15 is 0 Å². The number of carbonyl (C=O) groups excluding carboxylic acids is 2. The van der Waals surface area contributed by atoms with Crippen LogP contribution in [-0.2, 0) is 21.9 Å². The lowest BCUT2D eigenvalue weighted by Gasteiger charge is -2.33. The molecular formula is C25H33FN2O3S. The molecular weight excluding hydrogens is 427 g/mol. The second kappa shape index (κ2) is 11.9. The number of hydrogen-bond acceptors (Lipinski definition) is 4. The zero-order valence-corrected chi connectivity index (χ0v) is 20.3. The standard InChI is InChI=1S/C25H33FN2O3S/c1-6-22(24(30)27-25(2,3)4)28(15-19-8-7-9-21(14-19)31-5)23(29)17-32-16-18-10-12-20(26)13-11-18/h7-14,22H,6,15-17H2,1-5H3,(H,27,30). The molecule has 32 heavy (non-hydrogen) atoms. The predicted molar refractivity (Wildman–Crippen MR) is 128 cm³/mol. The van der Waals surface area contributed by atoms with Gasteiger partial charge in [-0.3, -0.25) is 9.59 Å². The Kier molecular flexibility index (Phi) is 9.57. The molecule has 0 saturated carbocycles. The quantitative estimate of drug-likeness (QED) is 0.554. The number of hydrogen-bond donors (Lipinski definition) is 1. The van der Waals surface area contributed by atoms with Crippen LogP contribution in [0.4, 0.5) is 4.39 Å². The van der Waals surface area contributed by atoms with Crippen LogP contribution in [0, 0.1) is 5.82 Å². The van der Waals surface area contributed by atoms with E-state index in [1.165, 1.54) is 23.9 Å². The lowest BCUT2D eigenvalue weighted by Crippen LogP contribution is -2.53. The summed E-state index contributed by atoms with van der Waals surface area (Å²) in [5.74, 6) is 0.948. The molecule has 2 rings (SSSR count). The van der Waals surface area contributed by atoms with E-state index in [0.717, 1.165) is 11.1 Å². The molecule has 0 aromatic heterocycles. The molecule has 0 spiro atoms. The minimum absolute atomic E-state index is 0.115. The molecule has 0 fully saturated rings. The third-order valence-corrected chi connectivity index (χ3v) is 5.77. The number of carbonyl (C=O) groups is 2. The van der Waals surface area contributed by atoms with Gasteiger partial charge in [-0.1, -0.05) is 31.2 Å². The minimum atomic E-state index is -0.584. The van der Waals surface area contributed by atoms with Crippen molar-refractivity contribution in [2.45, 2.75) is 58.0 Å². The fourth-order valence-corrected chi connectivity index (χ4v) is 4.13. The number of rotatable bonds is 10. The Balaban J connectivity index is 2.17. The SMILES string of the molecule is CCC(C(=O)NC(C)(C)C)N(Cc1cccc(OC)c1)C(=O)CSCc1ccc(F)cc1. The Labute approximate surface area is 194 Å². The van der Waals surface area contributed by atoms with E-state index in [-0.39, 0.29) is 23.4 Å². The summed E-state index contributed by atoms with van der Waals surface area (Å²) in [7, 11) is 1.60. The summed E-state index contributed by atoms with van der Waals surface area (Å²) in [5.41, 5.74) is 1.44. The fraction of sp³-hybridized carbons (Fsp3) is 0.440. The maximum Gasteiger partial charge on any atom is 0.243 e. The van der Waals surface area contributed by atoms with E-state index in [9.17, 15) is 14.0 Å². The van der Waals surface area contributed by atoms with Crippen molar-refractivity contribution >= 4 is 23.6 Å². The van der Waals surface area contributed by atoms with Crippen LogP contribution >= 0.6 is 11.8 Å². The lowest BCUT2D eigenvalue weighted by atomic mass is 10.1. The first-order chi connectivity index (χ1) is 15.1. The van der Waals surface area contributed by atoms with Crippen molar-refractivity contribution < 1.29 is 18.7 Å². The third-order valence-electron chi connectivity index (χ3n) is 4.78. The van der Waals surface area contributed by atoms with Crippen molar-refractivity contribution in [1.82, 2.24) is 10.2 Å². The number of halogens is 1. The maximum absolute atomic E-state index is 13.3. The van der Waals surface area contributed by atoms with Crippen LogP contribution in [0.1, 0.15) is 45.2 Å². The first kappa shape index (κ1) is 25.7. The second-order valence-corrected chi connectivity index (χ2v) is 9.64. The van der Waals surface area contributed by atoms with Gasteiger partial charge in [-0.25, -0.2) is 4.39 Å². The number of methoxy groups -OCH3 is 1. The molecule has 2 aromatic carbocycles. The zero-order chi connectivity index (χ0) is 23.7. The Bertz CT molecular complexity index is 897. The molecule has 1 unspecified atom stereocenters. The van der Waals surface area contributed by atoms with Crippen LogP contribution in [0.3, 0.4) is 0 Å². The number of nitrogens with one attached hydrogen (secondary N) is 1. The molecule has 2 amide bonds. The van der Waals surface area contributed by atoms with Crippen LogP contribution in [0.15, 0.2) is 48.5 Å². The molecule has 0 aliphatic heterocycles. The van der Waals surface area contributed by atoms with Crippen molar-refractivity contribution in [1.29, 1.82) is 0 Å². The van der Waals surface area contributed by atoms with Crippen LogP contribution < -0.4 is 10.1 Å². The van der Waals surface area contributed by atoms with Gasteiger partial charge < -0.3 is 15.0 Å². The van der Waals surface area contributed by atoms with Gasteiger partial charge in [-0.05, 0) is 62.6 Å². The van der Waals surface area contributed by atoms with E-state index in [0.29, 0.717) is 24.5 Å². The highest BCUT2D eigenvalue weighted by atomic mass is 32.2. The molecule has 7 heteroatoms. The molecule has 5 nitrogen and oxygen atoms in total. The molecule has 0 heterocycles. The summed E-state index contributed by atoms with van der Waals surface area (Å²) < 4.78 is 18.4. The molecule has 1 atom stereocenters. The van der Waals surface area contributed by atoms with E-state index in [1.54, 1.807) is 24.1 Å². The summed E-state index contributed by atoms with van der Waals surface area (Å²) in [6, 6.07) is 13.2. The molecule has 0 aliphatic rings. The molecule has 2 aromatic rings. The van der Waals surface area contributed by atoms with Gasteiger partial charge in [0.2, 0.25) is 11.8 Å². The number of benzene rings is 2. The summed E-state index contributed by atoms with van der Waals surface area (Å²) in [5, 5.41) is 3.00. The molecule has 1 N–H and O–H groups in total. The molecule has 174 valence electrons. The van der Waals surface area contributed by atoms with Gasteiger partial charge in [0.1, 0.15) is 17.6 Å². The first-order valence-corrected chi connectivity index (χ1v) is 11.8. The van der Waals surface area contributed by atoms with E-state index in [1.807, 2.05) is 52.0 Å². The summed E-state index contributed by atoms with van der Waals surface area (Å²) in [6.07, 6.45) is 0.500. The number of thioether (sulfide) groups is 1. The van der Waals surface area contributed by atoms with Gasteiger partial charge >= 0.3 is 0 Å². The summed E-state index contributed by atoms with van der Waals surface area (Å²) in [4.78, 5) is 27.9. The van der Waals surface area contributed by atoms with Crippen molar-refractivity contribution in [3.05, 3.63) is 65.5 Å². The molecule has 0 bridgehead atoms. The van der Waals surface area contributed by atoms with E-state index < -0.39 is 11.6 Å². The minimum Gasteiger partial charge on any atom is -0.497 e. The van der Waals surface area contributed by atoms with Gasteiger partial charge in [0.15, 0.2) is 0 Å². The normalized spacial score (nSPS) is 12.2. The smallest absolute Gasteiger partial charge is 0.243 e. The highest BCUT2D eigenvalue weighted by molar-refractivity contribution is 7.99. The van der Waals surface area contributed by atoms with E-state index in [2.05, 4.69) is 5.32 Å².